The third kappa shape index (κ3) is 3.87. The predicted molar refractivity (Wildman–Crippen MR) is 109 cm³/mol. The maximum Gasteiger partial charge on any atom is 0.313 e. The number of carbonyl (C=O) groups excluding carboxylic acids is 2. The number of aromatic nitrogens is 1. The molecule has 1 atom stereocenters. The van der Waals surface area contributed by atoms with Crippen LogP contribution >= 0.6 is 11.6 Å². The van der Waals surface area contributed by atoms with Gasteiger partial charge < -0.3 is 9.84 Å². The van der Waals surface area contributed by atoms with Gasteiger partial charge in [0.05, 0.1) is 22.6 Å². The van der Waals surface area contributed by atoms with E-state index in [1.54, 1.807) is 13.8 Å². The lowest BCUT2D eigenvalue weighted by Crippen LogP contribution is -2.19. The molecule has 1 aromatic heterocycles. The normalized spacial score (nSPS) is 12.4. The zero-order chi connectivity index (χ0) is 23.2. The van der Waals surface area contributed by atoms with E-state index < -0.39 is 47.1 Å². The summed E-state index contributed by atoms with van der Waals surface area (Å²) in [6, 6.07) is 4.14. The molecule has 0 bridgehead atoms. The number of carbonyl (C=O) groups is 2. The number of hydrogen-bond acceptors (Lipinski definition) is 4. The van der Waals surface area contributed by atoms with Crippen molar-refractivity contribution < 1.29 is 32.6 Å². The van der Waals surface area contributed by atoms with E-state index in [-0.39, 0.29) is 32.7 Å². The standard InChI is InChI=1S/C22H19ClF3NO4/c1-9(2)31-22(30)10(3)17-11(4)27(16-8-15(25)20(28)19(26)18(16)17)21(29)12-5-6-13(23)14(24)7-12/h5-10,28H,1-4H3/t10-/m1/s1. The minimum Gasteiger partial charge on any atom is -0.503 e. The third-order valence-electron chi connectivity index (χ3n) is 4.92. The molecule has 3 aromatic rings. The van der Waals surface area contributed by atoms with Crippen LogP contribution in [-0.4, -0.2) is 27.7 Å². The molecule has 0 aliphatic heterocycles. The van der Waals surface area contributed by atoms with Crippen molar-refractivity contribution in [3.63, 3.8) is 0 Å². The van der Waals surface area contributed by atoms with Crippen molar-refractivity contribution in [3.8, 4) is 5.75 Å². The van der Waals surface area contributed by atoms with Crippen LogP contribution in [0.2, 0.25) is 5.02 Å². The van der Waals surface area contributed by atoms with Crippen molar-refractivity contribution in [2.45, 2.75) is 39.7 Å². The molecule has 0 amide bonds. The minimum absolute atomic E-state index is 0.0521. The largest absolute Gasteiger partial charge is 0.503 e. The van der Waals surface area contributed by atoms with Gasteiger partial charge in [-0.1, -0.05) is 11.6 Å². The van der Waals surface area contributed by atoms with Crippen LogP contribution in [0.3, 0.4) is 0 Å². The molecule has 0 radical (unpaired) electrons. The molecule has 0 saturated heterocycles. The van der Waals surface area contributed by atoms with E-state index in [4.69, 9.17) is 16.3 Å². The molecule has 0 aliphatic rings. The second-order valence-electron chi connectivity index (χ2n) is 7.39. The molecule has 164 valence electrons. The molecule has 31 heavy (non-hydrogen) atoms. The lowest BCUT2D eigenvalue weighted by molar-refractivity contribution is -0.148. The highest BCUT2D eigenvalue weighted by molar-refractivity contribution is 6.30. The topological polar surface area (TPSA) is 68.5 Å². The first-order valence-corrected chi connectivity index (χ1v) is 9.75. The fourth-order valence-corrected chi connectivity index (χ4v) is 3.63. The Morgan fingerprint density at radius 1 is 1.10 bits per heavy atom. The lowest BCUT2D eigenvalue weighted by atomic mass is 9.97. The number of benzene rings is 2. The fourth-order valence-electron chi connectivity index (χ4n) is 3.51. The van der Waals surface area contributed by atoms with Crippen LogP contribution < -0.4 is 0 Å². The fraction of sp³-hybridized carbons (Fsp3) is 0.273. The van der Waals surface area contributed by atoms with Gasteiger partial charge in [0, 0.05) is 22.7 Å². The molecule has 1 heterocycles. The summed E-state index contributed by atoms with van der Waals surface area (Å²) in [6.45, 7) is 6.17. The number of fused-ring (bicyclic) bond motifs is 1. The smallest absolute Gasteiger partial charge is 0.313 e. The molecule has 1 N–H and O–H groups in total. The average molecular weight is 454 g/mol. The number of aromatic hydroxyl groups is 1. The monoisotopic (exact) mass is 453 g/mol. The van der Waals surface area contributed by atoms with Crippen LogP contribution in [0.5, 0.6) is 5.75 Å². The number of nitrogens with zero attached hydrogens (tertiary/aromatic N) is 1. The molecule has 0 aliphatic carbocycles. The Morgan fingerprint density at radius 3 is 2.32 bits per heavy atom. The van der Waals surface area contributed by atoms with Crippen LogP contribution in [0, 0.1) is 24.4 Å². The molecule has 0 unspecified atom stereocenters. The number of ether oxygens (including phenoxy) is 1. The number of phenolic OH excluding ortho intramolecular Hbond substituents is 1. The predicted octanol–water partition coefficient (Wildman–Crippen LogP) is 5.47. The van der Waals surface area contributed by atoms with Gasteiger partial charge in [-0.2, -0.15) is 0 Å². The van der Waals surface area contributed by atoms with E-state index in [1.165, 1.54) is 26.0 Å². The highest BCUT2D eigenvalue weighted by Crippen LogP contribution is 2.39. The summed E-state index contributed by atoms with van der Waals surface area (Å²) < 4.78 is 49.2. The molecular weight excluding hydrogens is 435 g/mol. The van der Waals surface area contributed by atoms with Crippen molar-refractivity contribution in [2.24, 2.45) is 0 Å². The first-order valence-electron chi connectivity index (χ1n) is 9.37. The summed E-state index contributed by atoms with van der Waals surface area (Å²) >= 11 is 5.67. The van der Waals surface area contributed by atoms with Gasteiger partial charge in [-0.3, -0.25) is 14.2 Å². The summed E-state index contributed by atoms with van der Waals surface area (Å²) in [6.07, 6.45) is -0.446. The summed E-state index contributed by atoms with van der Waals surface area (Å²) in [5.41, 5.74) is -0.173. The Kier molecular flexibility index (Phi) is 6.04. The van der Waals surface area contributed by atoms with Crippen LogP contribution in [0.1, 0.15) is 48.3 Å². The van der Waals surface area contributed by atoms with Crippen molar-refractivity contribution in [1.29, 1.82) is 0 Å². The number of hydrogen-bond donors (Lipinski definition) is 1. The van der Waals surface area contributed by atoms with Gasteiger partial charge in [0.2, 0.25) is 0 Å². The maximum atomic E-state index is 14.9. The van der Waals surface area contributed by atoms with Crippen molar-refractivity contribution in [1.82, 2.24) is 4.57 Å². The maximum absolute atomic E-state index is 14.9. The first-order chi connectivity index (χ1) is 14.5. The summed E-state index contributed by atoms with van der Waals surface area (Å²) in [5, 5.41) is 9.30. The number of halogens is 4. The molecule has 5 nitrogen and oxygen atoms in total. The molecule has 3 rings (SSSR count). The van der Waals surface area contributed by atoms with E-state index in [2.05, 4.69) is 0 Å². The minimum atomic E-state index is -1.31. The van der Waals surface area contributed by atoms with E-state index >= 15 is 0 Å². The zero-order valence-electron chi connectivity index (χ0n) is 17.1. The number of rotatable bonds is 4. The van der Waals surface area contributed by atoms with E-state index in [1.807, 2.05) is 0 Å². The van der Waals surface area contributed by atoms with Gasteiger partial charge in [-0.05, 0) is 51.5 Å². The summed E-state index contributed by atoms with van der Waals surface area (Å²) in [7, 11) is 0. The van der Waals surface area contributed by atoms with Gasteiger partial charge in [0.15, 0.2) is 17.4 Å². The highest BCUT2D eigenvalue weighted by atomic mass is 35.5. The van der Waals surface area contributed by atoms with Crippen LogP contribution in [0.15, 0.2) is 24.3 Å². The lowest BCUT2D eigenvalue weighted by Gasteiger charge is -2.15. The highest BCUT2D eigenvalue weighted by Gasteiger charge is 2.31. The zero-order valence-corrected chi connectivity index (χ0v) is 17.9. The Bertz CT molecular complexity index is 1220. The first kappa shape index (κ1) is 22.7. The van der Waals surface area contributed by atoms with Crippen molar-refractivity contribution >= 4 is 34.4 Å². The molecule has 0 spiro atoms. The molecule has 0 fully saturated rings. The Labute approximate surface area is 181 Å². The number of phenols is 1. The van der Waals surface area contributed by atoms with Crippen molar-refractivity contribution in [2.75, 3.05) is 0 Å². The van der Waals surface area contributed by atoms with Crippen molar-refractivity contribution in [3.05, 3.63) is 63.6 Å². The second-order valence-corrected chi connectivity index (χ2v) is 7.80. The van der Waals surface area contributed by atoms with Gasteiger partial charge in [0.1, 0.15) is 5.82 Å². The van der Waals surface area contributed by atoms with Gasteiger partial charge in [-0.25, -0.2) is 13.2 Å². The Hall–Kier alpha value is -3.00. The quantitative estimate of drug-likeness (QED) is 0.532. The van der Waals surface area contributed by atoms with E-state index in [0.717, 1.165) is 16.7 Å². The Balaban J connectivity index is 2.32. The second kappa shape index (κ2) is 8.26. The molecule has 2 aromatic carbocycles. The Morgan fingerprint density at radius 2 is 1.74 bits per heavy atom. The molecular formula is C22H19ClF3NO4. The average Bonchev–Trinajstić information content (AvgIpc) is 2.98. The molecule has 0 saturated carbocycles. The summed E-state index contributed by atoms with van der Waals surface area (Å²) in [5.74, 6) is -7.20. The molecule has 9 heteroatoms. The van der Waals surface area contributed by atoms with Crippen LogP contribution in [0.4, 0.5) is 13.2 Å². The van der Waals surface area contributed by atoms with Crippen LogP contribution in [0.25, 0.3) is 10.9 Å². The van der Waals surface area contributed by atoms with Gasteiger partial charge >= 0.3 is 5.97 Å². The summed E-state index contributed by atoms with van der Waals surface area (Å²) in [4.78, 5) is 25.7. The number of esters is 1. The SMILES string of the molecule is Cc1c([C@@H](C)C(=O)OC(C)C)c2c(F)c(O)c(F)cc2n1C(=O)c1ccc(Cl)c(F)c1. The third-order valence-corrected chi connectivity index (χ3v) is 5.22. The van der Waals surface area contributed by atoms with E-state index in [9.17, 15) is 27.9 Å². The van der Waals surface area contributed by atoms with Gasteiger partial charge in [-0.15, -0.1) is 0 Å². The van der Waals surface area contributed by atoms with Crippen LogP contribution in [-0.2, 0) is 9.53 Å². The van der Waals surface area contributed by atoms with E-state index in [0.29, 0.717) is 0 Å². The van der Waals surface area contributed by atoms with Gasteiger partial charge in [0.25, 0.3) is 5.91 Å².